The van der Waals surface area contributed by atoms with Crippen LogP contribution in [0.25, 0.3) is 11.2 Å². The standard InChI is InChI=1S/C20H16BrN5O2S2/c21-14-4-2-1-3-13(14)19-27-9-15(28-19)30-20-24-16-17(22)23-11-26(18(16)25-20)7-5-12-6-8-29-10-12/h1-4,6,8-11,19,22H,5,7H2,(H,24,25). The maximum absolute atomic E-state index is 8.12. The monoisotopic (exact) mass is 501 g/mol. The molecule has 5 rings (SSSR count). The molecule has 4 aromatic rings. The fraction of sp³-hybridized carbons (Fsp3) is 0.150. The maximum atomic E-state index is 8.12. The summed E-state index contributed by atoms with van der Waals surface area (Å²) in [6.45, 7) is 0.738. The minimum Gasteiger partial charge on any atom is -0.454 e. The number of aromatic nitrogens is 4. The number of halogens is 1. The molecule has 0 saturated heterocycles. The Balaban J connectivity index is 1.34. The van der Waals surface area contributed by atoms with Gasteiger partial charge in [0.15, 0.2) is 16.3 Å². The molecule has 0 radical (unpaired) electrons. The maximum Gasteiger partial charge on any atom is 0.268 e. The van der Waals surface area contributed by atoms with E-state index in [1.807, 2.05) is 28.8 Å². The molecule has 152 valence electrons. The van der Waals surface area contributed by atoms with Crippen molar-refractivity contribution in [2.24, 2.45) is 0 Å². The third-order valence-electron chi connectivity index (χ3n) is 4.59. The molecule has 7 nitrogen and oxygen atoms in total. The first kappa shape index (κ1) is 19.4. The number of fused-ring (bicyclic) bond motifs is 1. The van der Waals surface area contributed by atoms with E-state index in [0.717, 1.165) is 23.0 Å². The van der Waals surface area contributed by atoms with Gasteiger partial charge in [-0.05, 0) is 46.6 Å². The smallest absolute Gasteiger partial charge is 0.268 e. The van der Waals surface area contributed by atoms with Crippen molar-refractivity contribution < 1.29 is 9.47 Å². The van der Waals surface area contributed by atoms with Gasteiger partial charge in [0.05, 0.1) is 6.33 Å². The van der Waals surface area contributed by atoms with Gasteiger partial charge in [-0.15, -0.1) is 0 Å². The summed E-state index contributed by atoms with van der Waals surface area (Å²) in [7, 11) is 0. The summed E-state index contributed by atoms with van der Waals surface area (Å²) < 4.78 is 14.5. The predicted octanol–water partition coefficient (Wildman–Crippen LogP) is 4.94. The number of imidazole rings is 1. The number of thioether (sulfide) groups is 1. The highest BCUT2D eigenvalue weighted by molar-refractivity contribution is 9.10. The molecule has 1 unspecified atom stereocenters. The topological polar surface area (TPSA) is 88.8 Å². The zero-order valence-electron chi connectivity index (χ0n) is 15.5. The first-order valence-electron chi connectivity index (χ1n) is 9.13. The molecule has 1 atom stereocenters. The van der Waals surface area contributed by atoms with E-state index in [-0.39, 0.29) is 5.49 Å². The molecule has 1 aromatic carbocycles. The number of aromatic amines is 1. The highest BCUT2D eigenvalue weighted by atomic mass is 79.9. The van der Waals surface area contributed by atoms with Crippen molar-refractivity contribution in [3.05, 3.63) is 79.9 Å². The number of hydrogen-bond donors (Lipinski definition) is 2. The van der Waals surface area contributed by atoms with Crippen LogP contribution in [0.15, 0.2) is 68.4 Å². The average molecular weight is 502 g/mol. The summed E-state index contributed by atoms with van der Waals surface area (Å²) in [5.74, 6) is 0. The van der Waals surface area contributed by atoms with E-state index in [0.29, 0.717) is 21.4 Å². The van der Waals surface area contributed by atoms with E-state index >= 15 is 0 Å². The van der Waals surface area contributed by atoms with Gasteiger partial charge in [-0.2, -0.15) is 11.3 Å². The molecule has 0 amide bonds. The van der Waals surface area contributed by atoms with Gasteiger partial charge in [0, 0.05) is 16.6 Å². The normalized spacial score (nSPS) is 15.8. The van der Waals surface area contributed by atoms with Crippen LogP contribution in [0.5, 0.6) is 0 Å². The van der Waals surface area contributed by atoms with Crippen LogP contribution in [0.4, 0.5) is 0 Å². The molecule has 1 aliphatic rings. The molecule has 0 bridgehead atoms. The number of aryl methyl sites for hydroxylation is 2. The summed E-state index contributed by atoms with van der Waals surface area (Å²) in [6, 6.07) is 9.90. The zero-order valence-corrected chi connectivity index (χ0v) is 18.8. The molecule has 4 heterocycles. The lowest BCUT2D eigenvalue weighted by molar-refractivity contribution is -0.0278. The number of nitrogens with zero attached hydrogens (tertiary/aromatic N) is 3. The van der Waals surface area contributed by atoms with Crippen LogP contribution in [0, 0.1) is 5.41 Å². The average Bonchev–Trinajstić information content (AvgIpc) is 3.49. The van der Waals surface area contributed by atoms with Crippen molar-refractivity contribution in [3.8, 4) is 0 Å². The largest absolute Gasteiger partial charge is 0.454 e. The molecular formula is C20H16BrN5O2S2. The first-order valence-corrected chi connectivity index (χ1v) is 11.7. The van der Waals surface area contributed by atoms with Crippen LogP contribution < -0.4 is 5.49 Å². The quantitative estimate of drug-likeness (QED) is 0.390. The lowest BCUT2D eigenvalue weighted by atomic mass is 10.2. The van der Waals surface area contributed by atoms with Crippen molar-refractivity contribution in [1.82, 2.24) is 19.5 Å². The van der Waals surface area contributed by atoms with E-state index in [1.165, 1.54) is 17.3 Å². The van der Waals surface area contributed by atoms with Gasteiger partial charge in [-0.3, -0.25) is 5.41 Å². The fourth-order valence-corrected chi connectivity index (χ4v) is 4.97. The molecule has 0 saturated carbocycles. The Labute approximate surface area is 188 Å². The fourth-order valence-electron chi connectivity index (χ4n) is 3.08. The molecule has 30 heavy (non-hydrogen) atoms. The molecular weight excluding hydrogens is 486 g/mol. The van der Waals surface area contributed by atoms with Crippen LogP contribution in [0.2, 0.25) is 0 Å². The number of benzene rings is 1. The number of hydrogen-bond acceptors (Lipinski definition) is 7. The summed E-state index contributed by atoms with van der Waals surface area (Å²) >= 11 is 6.53. The van der Waals surface area contributed by atoms with E-state index in [1.54, 1.807) is 23.9 Å². The van der Waals surface area contributed by atoms with Crippen LogP contribution in [-0.4, -0.2) is 19.5 Å². The SMILES string of the molecule is N=c1ncn(CCc2ccsc2)c2nc(SC3=COC(c4ccccc4Br)O3)[nH]c12. The molecule has 10 heteroatoms. The van der Waals surface area contributed by atoms with Crippen molar-refractivity contribution in [2.75, 3.05) is 0 Å². The molecule has 0 fully saturated rings. The summed E-state index contributed by atoms with van der Waals surface area (Å²) in [5.41, 5.74) is 3.67. The third kappa shape index (κ3) is 3.90. The second-order valence-electron chi connectivity index (χ2n) is 6.56. The predicted molar refractivity (Wildman–Crippen MR) is 119 cm³/mol. The van der Waals surface area contributed by atoms with Gasteiger partial charge in [0.25, 0.3) is 6.29 Å². The van der Waals surface area contributed by atoms with Crippen LogP contribution in [0.1, 0.15) is 17.4 Å². The Bertz CT molecular complexity index is 1280. The van der Waals surface area contributed by atoms with Crippen molar-refractivity contribution >= 4 is 50.2 Å². The summed E-state index contributed by atoms with van der Waals surface area (Å²) in [5, 5.41) is 13.6. The summed E-state index contributed by atoms with van der Waals surface area (Å²) in [6.07, 6.45) is 3.64. The Morgan fingerprint density at radius 2 is 2.20 bits per heavy atom. The first-order chi connectivity index (χ1) is 14.7. The highest BCUT2D eigenvalue weighted by Gasteiger charge is 2.25. The minimum absolute atomic E-state index is 0.166. The van der Waals surface area contributed by atoms with Gasteiger partial charge in [-0.25, -0.2) is 9.97 Å². The Kier molecular flexibility index (Phi) is 5.36. The van der Waals surface area contributed by atoms with Crippen LogP contribution in [-0.2, 0) is 22.4 Å². The van der Waals surface area contributed by atoms with Gasteiger partial charge >= 0.3 is 0 Å². The van der Waals surface area contributed by atoms with Crippen molar-refractivity contribution in [1.29, 1.82) is 5.41 Å². The van der Waals surface area contributed by atoms with E-state index in [9.17, 15) is 0 Å². The van der Waals surface area contributed by atoms with Crippen molar-refractivity contribution in [2.45, 2.75) is 24.4 Å². The number of rotatable bonds is 6. The number of thiophene rings is 1. The van der Waals surface area contributed by atoms with Crippen molar-refractivity contribution in [3.63, 3.8) is 0 Å². The zero-order chi connectivity index (χ0) is 20.5. The molecule has 1 aliphatic heterocycles. The van der Waals surface area contributed by atoms with Gasteiger partial charge in [-0.1, -0.05) is 34.1 Å². The molecule has 0 aliphatic carbocycles. The number of H-pyrrole nitrogens is 1. The van der Waals surface area contributed by atoms with Gasteiger partial charge in [0.2, 0.25) is 5.09 Å². The van der Waals surface area contributed by atoms with Crippen LogP contribution in [0.3, 0.4) is 0 Å². The third-order valence-corrected chi connectivity index (χ3v) is 6.82. The van der Waals surface area contributed by atoms with Gasteiger partial charge < -0.3 is 19.0 Å². The second kappa shape index (κ2) is 8.29. The summed E-state index contributed by atoms with van der Waals surface area (Å²) in [4.78, 5) is 12.1. The van der Waals surface area contributed by atoms with E-state index in [2.05, 4.69) is 47.7 Å². The minimum atomic E-state index is -0.503. The Morgan fingerprint density at radius 1 is 1.30 bits per heavy atom. The molecule has 0 spiro atoms. The lowest BCUT2D eigenvalue weighted by Crippen LogP contribution is -2.13. The van der Waals surface area contributed by atoms with E-state index < -0.39 is 6.29 Å². The number of nitrogens with one attached hydrogen (secondary N) is 2. The highest BCUT2D eigenvalue weighted by Crippen LogP contribution is 2.38. The Morgan fingerprint density at radius 3 is 3.03 bits per heavy atom. The second-order valence-corrected chi connectivity index (χ2v) is 9.18. The lowest BCUT2D eigenvalue weighted by Gasteiger charge is -2.12. The Hall–Kier alpha value is -2.56. The van der Waals surface area contributed by atoms with Crippen LogP contribution >= 0.6 is 39.0 Å². The number of ether oxygens (including phenoxy) is 2. The molecule has 2 N–H and O–H groups in total. The van der Waals surface area contributed by atoms with Gasteiger partial charge in [0.1, 0.15) is 11.8 Å². The molecule has 3 aromatic heterocycles. The van der Waals surface area contributed by atoms with E-state index in [4.69, 9.17) is 14.9 Å².